The number of rotatable bonds is 4. The van der Waals surface area contributed by atoms with Crippen LogP contribution in [0.4, 0.5) is 5.69 Å². The molecule has 0 aromatic heterocycles. The average molecular weight is 294 g/mol. The number of sulfonamides is 1. The van der Waals surface area contributed by atoms with E-state index < -0.39 is 10.0 Å². The highest BCUT2D eigenvalue weighted by atomic mass is 79.9. The smallest absolute Gasteiger partial charge is 0.232 e. The second kappa shape index (κ2) is 4.85. The Morgan fingerprint density at radius 1 is 1.47 bits per heavy atom. The molecule has 0 bridgehead atoms. The Morgan fingerprint density at radius 2 is 2.13 bits per heavy atom. The number of phenolic OH excluding ortho intramolecular Hbond substituents is 1. The molecule has 0 amide bonds. The third-order valence-corrected chi connectivity index (χ3v) is 3.67. The number of anilines is 1. The van der Waals surface area contributed by atoms with Gasteiger partial charge >= 0.3 is 0 Å². The first-order chi connectivity index (χ1) is 6.94. The molecular weight excluding hydrogens is 282 g/mol. The molecule has 0 fully saturated rings. The van der Waals surface area contributed by atoms with Crippen molar-refractivity contribution in [2.45, 2.75) is 13.3 Å². The Morgan fingerprint density at radius 3 is 2.73 bits per heavy atom. The first kappa shape index (κ1) is 12.3. The van der Waals surface area contributed by atoms with Crippen LogP contribution in [0.15, 0.2) is 22.7 Å². The Hall–Kier alpha value is -0.750. The van der Waals surface area contributed by atoms with Crippen LogP contribution in [0.1, 0.15) is 13.3 Å². The van der Waals surface area contributed by atoms with Crippen LogP contribution in [0.25, 0.3) is 0 Å². The van der Waals surface area contributed by atoms with E-state index in [0.717, 1.165) is 0 Å². The van der Waals surface area contributed by atoms with Gasteiger partial charge in [0.2, 0.25) is 10.0 Å². The summed E-state index contributed by atoms with van der Waals surface area (Å²) < 4.78 is 25.9. The van der Waals surface area contributed by atoms with Crippen molar-refractivity contribution in [1.29, 1.82) is 0 Å². The summed E-state index contributed by atoms with van der Waals surface area (Å²) in [4.78, 5) is 0. The van der Waals surface area contributed by atoms with Crippen molar-refractivity contribution in [3.05, 3.63) is 22.7 Å². The molecule has 0 atom stereocenters. The van der Waals surface area contributed by atoms with Gasteiger partial charge in [0.15, 0.2) is 0 Å². The average Bonchev–Trinajstić information content (AvgIpc) is 2.10. The van der Waals surface area contributed by atoms with E-state index in [4.69, 9.17) is 0 Å². The molecule has 2 N–H and O–H groups in total. The van der Waals surface area contributed by atoms with Gasteiger partial charge in [-0.15, -0.1) is 0 Å². The quantitative estimate of drug-likeness (QED) is 0.837. The lowest BCUT2D eigenvalue weighted by molar-refractivity contribution is 0.477. The lowest BCUT2D eigenvalue weighted by Crippen LogP contribution is -2.16. The molecule has 1 aromatic rings. The van der Waals surface area contributed by atoms with Gasteiger partial charge in [0, 0.05) is 4.47 Å². The second-order valence-electron chi connectivity index (χ2n) is 3.08. The third kappa shape index (κ3) is 3.71. The maximum absolute atomic E-state index is 11.4. The van der Waals surface area contributed by atoms with Gasteiger partial charge in [-0.25, -0.2) is 8.42 Å². The normalized spacial score (nSPS) is 11.3. The molecule has 84 valence electrons. The Kier molecular flexibility index (Phi) is 3.98. The van der Waals surface area contributed by atoms with E-state index in [-0.39, 0.29) is 17.2 Å². The fraction of sp³-hybridized carbons (Fsp3) is 0.333. The van der Waals surface area contributed by atoms with Crippen molar-refractivity contribution in [1.82, 2.24) is 0 Å². The van der Waals surface area contributed by atoms with E-state index >= 15 is 0 Å². The van der Waals surface area contributed by atoms with Crippen LogP contribution in [0.3, 0.4) is 0 Å². The molecule has 0 saturated heterocycles. The predicted molar refractivity (Wildman–Crippen MR) is 63.5 cm³/mol. The lowest BCUT2D eigenvalue weighted by Gasteiger charge is -2.08. The summed E-state index contributed by atoms with van der Waals surface area (Å²) in [6.07, 6.45) is 0.532. The molecule has 0 spiro atoms. The van der Waals surface area contributed by atoms with Crippen LogP contribution in [0.2, 0.25) is 0 Å². The highest BCUT2D eigenvalue weighted by molar-refractivity contribution is 9.10. The molecule has 0 saturated carbocycles. The van der Waals surface area contributed by atoms with Gasteiger partial charge in [-0.1, -0.05) is 22.9 Å². The molecule has 15 heavy (non-hydrogen) atoms. The van der Waals surface area contributed by atoms with Crippen molar-refractivity contribution < 1.29 is 13.5 Å². The fourth-order valence-electron chi connectivity index (χ4n) is 1.08. The van der Waals surface area contributed by atoms with Crippen LogP contribution in [0.5, 0.6) is 5.75 Å². The second-order valence-corrected chi connectivity index (χ2v) is 5.84. The van der Waals surface area contributed by atoms with Gasteiger partial charge in [0.05, 0.1) is 11.4 Å². The fourth-order valence-corrected chi connectivity index (χ4v) is 2.58. The standard InChI is InChI=1S/C9H12BrNO3S/c1-2-5-15(13,14)11-8-6-7(10)3-4-9(8)12/h3-4,6,11-12H,2,5H2,1H3. The van der Waals surface area contributed by atoms with Crippen molar-refractivity contribution in [2.75, 3.05) is 10.5 Å². The first-order valence-electron chi connectivity index (χ1n) is 4.43. The summed E-state index contributed by atoms with van der Waals surface area (Å²) >= 11 is 3.20. The summed E-state index contributed by atoms with van der Waals surface area (Å²) in [6, 6.07) is 4.57. The van der Waals surface area contributed by atoms with Crippen LogP contribution >= 0.6 is 15.9 Å². The highest BCUT2D eigenvalue weighted by Crippen LogP contribution is 2.27. The number of hydrogen-bond acceptors (Lipinski definition) is 3. The minimum atomic E-state index is -3.35. The number of hydrogen-bond donors (Lipinski definition) is 2. The molecular formula is C9H12BrNO3S. The molecule has 0 aliphatic rings. The Balaban J connectivity index is 2.94. The van der Waals surface area contributed by atoms with Gasteiger partial charge in [0.25, 0.3) is 0 Å². The molecule has 0 radical (unpaired) electrons. The number of phenols is 1. The van der Waals surface area contributed by atoms with Crippen LogP contribution < -0.4 is 4.72 Å². The molecule has 0 aliphatic heterocycles. The van der Waals surface area contributed by atoms with Crippen molar-refractivity contribution in [3.63, 3.8) is 0 Å². The molecule has 6 heteroatoms. The van der Waals surface area contributed by atoms with Crippen molar-refractivity contribution >= 4 is 31.6 Å². The van der Waals surface area contributed by atoms with Gasteiger partial charge in [0.1, 0.15) is 5.75 Å². The summed E-state index contributed by atoms with van der Waals surface area (Å²) in [5.74, 6) is -0.0447. The maximum atomic E-state index is 11.4. The molecule has 0 aliphatic carbocycles. The topological polar surface area (TPSA) is 66.4 Å². The zero-order valence-corrected chi connectivity index (χ0v) is 10.6. The zero-order valence-electron chi connectivity index (χ0n) is 8.20. The monoisotopic (exact) mass is 293 g/mol. The molecule has 0 unspecified atom stereocenters. The van der Waals surface area contributed by atoms with E-state index in [9.17, 15) is 13.5 Å². The predicted octanol–water partition coefficient (Wildman–Crippen LogP) is 2.31. The van der Waals surface area contributed by atoms with Gasteiger partial charge < -0.3 is 5.11 Å². The summed E-state index contributed by atoms with van der Waals surface area (Å²) in [5.41, 5.74) is 0.192. The number of aromatic hydroxyl groups is 1. The summed E-state index contributed by atoms with van der Waals surface area (Å²) in [5, 5.41) is 9.42. The zero-order chi connectivity index (χ0) is 11.5. The molecule has 0 heterocycles. The highest BCUT2D eigenvalue weighted by Gasteiger charge is 2.11. The molecule has 1 rings (SSSR count). The number of nitrogens with one attached hydrogen (secondary N) is 1. The van der Waals surface area contributed by atoms with E-state index in [0.29, 0.717) is 10.9 Å². The van der Waals surface area contributed by atoms with E-state index in [1.807, 2.05) is 0 Å². The Labute approximate surface area is 97.5 Å². The van der Waals surface area contributed by atoms with Crippen LogP contribution in [-0.2, 0) is 10.0 Å². The van der Waals surface area contributed by atoms with Gasteiger partial charge in [-0.3, -0.25) is 4.72 Å². The minimum absolute atomic E-state index is 0.0406. The van der Waals surface area contributed by atoms with E-state index in [1.165, 1.54) is 12.1 Å². The van der Waals surface area contributed by atoms with E-state index in [1.54, 1.807) is 13.0 Å². The summed E-state index contributed by atoms with van der Waals surface area (Å²) in [6.45, 7) is 1.78. The largest absolute Gasteiger partial charge is 0.506 e. The van der Waals surface area contributed by atoms with E-state index in [2.05, 4.69) is 20.7 Å². The SMILES string of the molecule is CCCS(=O)(=O)Nc1cc(Br)ccc1O. The van der Waals surface area contributed by atoms with Gasteiger partial charge in [-0.05, 0) is 24.6 Å². The summed E-state index contributed by atoms with van der Waals surface area (Å²) in [7, 11) is -3.35. The number of halogens is 1. The van der Waals surface area contributed by atoms with Crippen molar-refractivity contribution in [3.8, 4) is 5.75 Å². The number of benzene rings is 1. The Bertz CT molecular complexity index is 445. The maximum Gasteiger partial charge on any atom is 0.232 e. The molecule has 1 aromatic carbocycles. The molecule has 4 nitrogen and oxygen atoms in total. The van der Waals surface area contributed by atoms with Gasteiger partial charge in [-0.2, -0.15) is 0 Å². The van der Waals surface area contributed by atoms with Crippen LogP contribution in [-0.4, -0.2) is 19.3 Å². The lowest BCUT2D eigenvalue weighted by atomic mass is 10.3. The van der Waals surface area contributed by atoms with Crippen molar-refractivity contribution in [2.24, 2.45) is 0 Å². The first-order valence-corrected chi connectivity index (χ1v) is 6.88. The minimum Gasteiger partial charge on any atom is -0.506 e. The van der Waals surface area contributed by atoms with Crippen LogP contribution in [0, 0.1) is 0 Å². The third-order valence-electron chi connectivity index (χ3n) is 1.70.